The molecule has 0 atom stereocenters. The maximum atomic E-state index is 6.33. The quantitative estimate of drug-likeness (QED) is 0.903. The van der Waals surface area contributed by atoms with E-state index in [9.17, 15) is 0 Å². The second-order valence-corrected chi connectivity index (χ2v) is 4.29. The van der Waals surface area contributed by atoms with Crippen LogP contribution in [0, 0.1) is 0 Å². The summed E-state index contributed by atoms with van der Waals surface area (Å²) in [5.41, 5.74) is 7.34. The van der Waals surface area contributed by atoms with Gasteiger partial charge in [0.05, 0.1) is 13.3 Å². The first-order chi connectivity index (χ1) is 8.77. The van der Waals surface area contributed by atoms with E-state index in [1.54, 1.807) is 18.0 Å². The summed E-state index contributed by atoms with van der Waals surface area (Å²) in [7, 11) is 1.63. The van der Waals surface area contributed by atoms with Gasteiger partial charge in [0.25, 0.3) is 0 Å². The van der Waals surface area contributed by atoms with Gasteiger partial charge < -0.3 is 10.5 Å². The molecule has 0 amide bonds. The fraction of sp³-hybridized carbons (Fsp3) is 0.308. The number of benzene rings is 1. The number of aromatic nitrogens is 2. The number of ether oxygens (including phenoxy) is 1. The van der Waals surface area contributed by atoms with Crippen molar-refractivity contribution in [2.75, 3.05) is 13.7 Å². The SMILES string of the molecule is COc1ccccc1-n1ncc(CCCN)c1Cl. The van der Waals surface area contributed by atoms with Gasteiger partial charge in [-0.1, -0.05) is 23.7 Å². The smallest absolute Gasteiger partial charge is 0.144 e. The van der Waals surface area contributed by atoms with Crippen molar-refractivity contribution >= 4 is 11.6 Å². The summed E-state index contributed by atoms with van der Waals surface area (Å²) in [4.78, 5) is 0. The summed E-state index contributed by atoms with van der Waals surface area (Å²) in [5, 5.41) is 4.93. The molecule has 0 aliphatic heterocycles. The van der Waals surface area contributed by atoms with Crippen LogP contribution in [0.3, 0.4) is 0 Å². The minimum Gasteiger partial charge on any atom is -0.494 e. The molecule has 0 radical (unpaired) electrons. The molecule has 1 aromatic carbocycles. The zero-order chi connectivity index (χ0) is 13.0. The summed E-state index contributed by atoms with van der Waals surface area (Å²) >= 11 is 6.33. The molecule has 0 bridgehead atoms. The van der Waals surface area contributed by atoms with Crippen LogP contribution in [0.15, 0.2) is 30.5 Å². The van der Waals surface area contributed by atoms with Gasteiger partial charge >= 0.3 is 0 Å². The molecular formula is C13H16ClN3O. The van der Waals surface area contributed by atoms with E-state index in [0.29, 0.717) is 11.7 Å². The van der Waals surface area contributed by atoms with Crippen LogP contribution in [0.4, 0.5) is 0 Å². The van der Waals surface area contributed by atoms with Gasteiger partial charge in [0.15, 0.2) is 0 Å². The van der Waals surface area contributed by atoms with Crippen LogP contribution < -0.4 is 10.5 Å². The first kappa shape index (κ1) is 12.9. The Morgan fingerprint density at radius 1 is 1.39 bits per heavy atom. The molecule has 2 aromatic rings. The third-order valence-electron chi connectivity index (χ3n) is 2.74. The third kappa shape index (κ3) is 2.49. The van der Waals surface area contributed by atoms with Gasteiger partial charge in [0.2, 0.25) is 0 Å². The fourth-order valence-electron chi connectivity index (χ4n) is 1.80. The molecule has 18 heavy (non-hydrogen) atoms. The maximum absolute atomic E-state index is 6.33. The number of nitrogens with two attached hydrogens (primary N) is 1. The number of para-hydroxylation sites is 2. The largest absolute Gasteiger partial charge is 0.494 e. The van der Waals surface area contributed by atoms with Gasteiger partial charge in [0.1, 0.15) is 16.6 Å². The van der Waals surface area contributed by atoms with Crippen molar-refractivity contribution in [3.05, 3.63) is 41.2 Å². The van der Waals surface area contributed by atoms with Crippen LogP contribution in [0.2, 0.25) is 5.15 Å². The Hall–Kier alpha value is -1.52. The maximum Gasteiger partial charge on any atom is 0.144 e. The minimum absolute atomic E-state index is 0.618. The zero-order valence-corrected chi connectivity index (χ0v) is 11.0. The molecule has 2 rings (SSSR count). The molecule has 5 heteroatoms. The van der Waals surface area contributed by atoms with Gasteiger partial charge in [-0.3, -0.25) is 0 Å². The van der Waals surface area contributed by atoms with Crippen molar-refractivity contribution < 1.29 is 4.74 Å². The molecular weight excluding hydrogens is 250 g/mol. The monoisotopic (exact) mass is 265 g/mol. The Labute approximate surface area is 111 Å². The van der Waals surface area contributed by atoms with Gasteiger partial charge in [-0.2, -0.15) is 5.10 Å². The molecule has 4 nitrogen and oxygen atoms in total. The second kappa shape index (κ2) is 5.89. The highest BCUT2D eigenvalue weighted by Gasteiger charge is 2.12. The lowest BCUT2D eigenvalue weighted by Crippen LogP contribution is -2.01. The normalized spacial score (nSPS) is 10.6. The van der Waals surface area contributed by atoms with Crippen molar-refractivity contribution in [2.24, 2.45) is 5.73 Å². The van der Waals surface area contributed by atoms with Crippen molar-refractivity contribution in [3.8, 4) is 11.4 Å². The lowest BCUT2D eigenvalue weighted by molar-refractivity contribution is 0.411. The van der Waals surface area contributed by atoms with Crippen molar-refractivity contribution in [3.63, 3.8) is 0 Å². The number of nitrogens with zero attached hydrogens (tertiary/aromatic N) is 2. The Morgan fingerprint density at radius 3 is 2.89 bits per heavy atom. The van der Waals surface area contributed by atoms with E-state index in [1.165, 1.54) is 0 Å². The fourth-order valence-corrected chi connectivity index (χ4v) is 2.08. The Kier molecular flexibility index (Phi) is 4.23. The van der Waals surface area contributed by atoms with Gasteiger partial charge in [-0.25, -0.2) is 4.68 Å². The third-order valence-corrected chi connectivity index (χ3v) is 3.15. The van der Waals surface area contributed by atoms with E-state index < -0.39 is 0 Å². The Balaban J connectivity index is 2.36. The number of rotatable bonds is 5. The van der Waals surface area contributed by atoms with E-state index >= 15 is 0 Å². The molecule has 0 saturated carbocycles. The number of methoxy groups -OCH3 is 1. The van der Waals surface area contributed by atoms with Crippen LogP contribution in [0.1, 0.15) is 12.0 Å². The molecule has 1 aromatic heterocycles. The number of halogens is 1. The lowest BCUT2D eigenvalue weighted by Gasteiger charge is -2.09. The van der Waals surface area contributed by atoms with E-state index in [0.717, 1.165) is 29.8 Å². The number of aryl methyl sites for hydroxylation is 1. The van der Waals surface area contributed by atoms with E-state index in [4.69, 9.17) is 22.1 Å². The van der Waals surface area contributed by atoms with Crippen LogP contribution in [0.5, 0.6) is 5.75 Å². The second-order valence-electron chi connectivity index (χ2n) is 3.94. The minimum atomic E-state index is 0.618. The summed E-state index contributed by atoms with van der Waals surface area (Å²) in [6, 6.07) is 7.64. The van der Waals surface area contributed by atoms with Crippen molar-refractivity contribution in [1.29, 1.82) is 0 Å². The summed E-state index contributed by atoms with van der Waals surface area (Å²) in [6.45, 7) is 0.649. The Bertz CT molecular complexity index is 525. The average Bonchev–Trinajstić information content (AvgIpc) is 2.77. The predicted molar refractivity (Wildman–Crippen MR) is 72.5 cm³/mol. The van der Waals surface area contributed by atoms with E-state index in [1.807, 2.05) is 24.3 Å². The standard InChI is InChI=1S/C13H16ClN3O/c1-18-12-7-3-2-6-11(12)17-13(14)10(9-16-17)5-4-8-15/h2-3,6-7,9H,4-5,8,15H2,1H3. The van der Waals surface area contributed by atoms with E-state index in [2.05, 4.69) is 5.10 Å². The molecule has 1 heterocycles. The summed E-state index contributed by atoms with van der Waals surface area (Å²) in [6.07, 6.45) is 3.52. The number of hydrogen-bond acceptors (Lipinski definition) is 3. The average molecular weight is 266 g/mol. The van der Waals surface area contributed by atoms with Gasteiger partial charge in [0, 0.05) is 5.56 Å². The van der Waals surface area contributed by atoms with Crippen LogP contribution in [0.25, 0.3) is 5.69 Å². The zero-order valence-electron chi connectivity index (χ0n) is 10.3. The summed E-state index contributed by atoms with van der Waals surface area (Å²) < 4.78 is 6.99. The number of hydrogen-bond donors (Lipinski definition) is 1. The van der Waals surface area contributed by atoms with Crippen molar-refractivity contribution in [2.45, 2.75) is 12.8 Å². The van der Waals surface area contributed by atoms with Gasteiger partial charge in [-0.15, -0.1) is 0 Å². The highest BCUT2D eigenvalue weighted by molar-refractivity contribution is 6.30. The molecule has 0 unspecified atom stereocenters. The highest BCUT2D eigenvalue weighted by Crippen LogP contribution is 2.27. The first-order valence-electron chi connectivity index (χ1n) is 5.83. The molecule has 2 N–H and O–H groups in total. The Morgan fingerprint density at radius 2 is 2.17 bits per heavy atom. The van der Waals surface area contributed by atoms with Crippen LogP contribution in [-0.4, -0.2) is 23.4 Å². The first-order valence-corrected chi connectivity index (χ1v) is 6.21. The molecule has 0 spiro atoms. The van der Waals surface area contributed by atoms with Gasteiger partial charge in [-0.05, 0) is 31.5 Å². The van der Waals surface area contributed by atoms with Crippen LogP contribution in [-0.2, 0) is 6.42 Å². The van der Waals surface area contributed by atoms with E-state index in [-0.39, 0.29) is 0 Å². The molecule has 0 fully saturated rings. The molecule has 0 saturated heterocycles. The van der Waals surface area contributed by atoms with Crippen molar-refractivity contribution in [1.82, 2.24) is 9.78 Å². The highest BCUT2D eigenvalue weighted by atomic mass is 35.5. The topological polar surface area (TPSA) is 53.1 Å². The summed E-state index contributed by atoms with van der Waals surface area (Å²) in [5.74, 6) is 0.743. The molecule has 0 aliphatic carbocycles. The van der Waals surface area contributed by atoms with Crippen LogP contribution >= 0.6 is 11.6 Å². The lowest BCUT2D eigenvalue weighted by atomic mass is 10.2. The molecule has 96 valence electrons. The predicted octanol–water partition coefficient (Wildman–Crippen LogP) is 2.43. The molecule has 0 aliphatic rings.